The van der Waals surface area contributed by atoms with Gasteiger partial charge in [-0.15, -0.1) is 0 Å². The van der Waals surface area contributed by atoms with E-state index in [0.29, 0.717) is 0 Å². The zero-order chi connectivity index (χ0) is 13.3. The second-order valence-corrected chi connectivity index (χ2v) is 5.97. The van der Waals surface area contributed by atoms with Crippen molar-refractivity contribution in [2.45, 2.75) is 51.0 Å². The monoisotopic (exact) mass is 259 g/mol. The Bertz CT molecular complexity index is 444. The maximum absolute atomic E-state index is 11.0. The number of hydrogen-bond donors (Lipinski definition) is 1. The van der Waals surface area contributed by atoms with Gasteiger partial charge in [0.25, 0.3) is 0 Å². The van der Waals surface area contributed by atoms with Gasteiger partial charge in [0.15, 0.2) is 0 Å². The van der Waals surface area contributed by atoms with Gasteiger partial charge < -0.3 is 10.1 Å². The van der Waals surface area contributed by atoms with E-state index in [4.69, 9.17) is 4.74 Å². The second-order valence-electron chi connectivity index (χ2n) is 5.97. The number of amides is 1. The first-order chi connectivity index (χ1) is 9.15. The van der Waals surface area contributed by atoms with Gasteiger partial charge in [-0.2, -0.15) is 0 Å². The fraction of sp³-hybridized carbons (Fsp3) is 0.562. The molecule has 0 unspecified atom stereocenters. The van der Waals surface area contributed by atoms with Gasteiger partial charge in [-0.25, -0.2) is 0 Å². The Kier molecular flexibility index (Phi) is 3.21. The molecule has 3 saturated carbocycles. The number of fused-ring (bicyclic) bond motifs is 3. The van der Waals surface area contributed by atoms with Gasteiger partial charge in [-0.05, 0) is 68.7 Å². The van der Waals surface area contributed by atoms with Crippen LogP contribution in [0.1, 0.15) is 45.4 Å². The van der Waals surface area contributed by atoms with E-state index in [1.807, 2.05) is 24.3 Å². The summed E-state index contributed by atoms with van der Waals surface area (Å²) in [7, 11) is 0. The largest absolute Gasteiger partial charge is 0.487 e. The molecule has 1 aromatic rings. The molecule has 0 atom stereocenters. The molecule has 3 aliphatic carbocycles. The van der Waals surface area contributed by atoms with Crippen molar-refractivity contribution in [1.82, 2.24) is 0 Å². The highest BCUT2D eigenvalue weighted by Crippen LogP contribution is 2.46. The molecule has 3 aliphatic rings. The van der Waals surface area contributed by atoms with E-state index in [2.05, 4.69) is 5.32 Å². The lowest BCUT2D eigenvalue weighted by Crippen LogP contribution is -2.44. The zero-order valence-corrected chi connectivity index (χ0v) is 11.4. The predicted octanol–water partition coefficient (Wildman–Crippen LogP) is 3.75. The highest BCUT2D eigenvalue weighted by molar-refractivity contribution is 5.88. The van der Waals surface area contributed by atoms with Crippen LogP contribution in [-0.4, -0.2) is 11.5 Å². The van der Waals surface area contributed by atoms with E-state index < -0.39 is 0 Å². The summed E-state index contributed by atoms with van der Waals surface area (Å²) in [6.07, 6.45) is 7.57. The molecule has 3 fully saturated rings. The normalized spacial score (nSPS) is 29.0. The zero-order valence-electron chi connectivity index (χ0n) is 11.4. The lowest BCUT2D eigenvalue weighted by atomic mass is 9.68. The maximum atomic E-state index is 11.0. The van der Waals surface area contributed by atoms with Crippen molar-refractivity contribution < 1.29 is 9.53 Å². The van der Waals surface area contributed by atoms with Gasteiger partial charge >= 0.3 is 0 Å². The molecule has 3 heteroatoms. The van der Waals surface area contributed by atoms with E-state index in [0.717, 1.165) is 17.4 Å². The average Bonchev–Trinajstić information content (AvgIpc) is 2.42. The van der Waals surface area contributed by atoms with Crippen LogP contribution in [0.15, 0.2) is 24.3 Å². The van der Waals surface area contributed by atoms with Crippen molar-refractivity contribution in [1.29, 1.82) is 0 Å². The van der Waals surface area contributed by atoms with Gasteiger partial charge in [0.1, 0.15) is 11.4 Å². The van der Waals surface area contributed by atoms with E-state index in [1.165, 1.54) is 45.4 Å². The minimum atomic E-state index is -0.0436. The molecule has 19 heavy (non-hydrogen) atoms. The lowest BCUT2D eigenvalue weighted by molar-refractivity contribution is -0.114. The van der Waals surface area contributed by atoms with Crippen LogP contribution >= 0.6 is 0 Å². The minimum absolute atomic E-state index is 0.0436. The van der Waals surface area contributed by atoms with E-state index in [1.54, 1.807) is 0 Å². The van der Waals surface area contributed by atoms with Crippen LogP contribution in [0.3, 0.4) is 0 Å². The first-order valence-corrected chi connectivity index (χ1v) is 7.22. The van der Waals surface area contributed by atoms with Gasteiger partial charge in [-0.3, -0.25) is 4.79 Å². The van der Waals surface area contributed by atoms with Gasteiger partial charge in [-0.1, -0.05) is 0 Å². The third-order valence-corrected chi connectivity index (χ3v) is 4.53. The first kappa shape index (κ1) is 12.5. The molecule has 0 saturated heterocycles. The number of carbonyl (C=O) groups excluding carboxylic acids is 1. The third kappa shape index (κ3) is 2.75. The molecule has 0 radical (unpaired) electrons. The molecule has 0 spiro atoms. The molecule has 0 aliphatic heterocycles. The standard InChI is InChI=1S/C16H21NO2/c1-12(18)17-14-2-4-15(5-3-14)19-16-9-6-13(7-10-16)8-11-16/h2-5,13H,6-11H2,1H3,(H,17,18). The number of nitrogens with one attached hydrogen (secondary N) is 1. The van der Waals surface area contributed by atoms with Crippen LogP contribution in [-0.2, 0) is 4.79 Å². The fourth-order valence-electron chi connectivity index (χ4n) is 3.42. The maximum Gasteiger partial charge on any atom is 0.221 e. The Morgan fingerprint density at radius 3 is 2.26 bits per heavy atom. The minimum Gasteiger partial charge on any atom is -0.487 e. The Morgan fingerprint density at radius 2 is 1.74 bits per heavy atom. The number of ether oxygens (including phenoxy) is 1. The van der Waals surface area contributed by atoms with Crippen molar-refractivity contribution in [3.05, 3.63) is 24.3 Å². The van der Waals surface area contributed by atoms with Crippen LogP contribution < -0.4 is 10.1 Å². The van der Waals surface area contributed by atoms with Crippen LogP contribution in [0.4, 0.5) is 5.69 Å². The van der Waals surface area contributed by atoms with Crippen molar-refractivity contribution >= 4 is 11.6 Å². The molecular formula is C16H21NO2. The quantitative estimate of drug-likeness (QED) is 0.897. The topological polar surface area (TPSA) is 38.3 Å². The number of carbonyl (C=O) groups is 1. The molecule has 1 aromatic carbocycles. The summed E-state index contributed by atoms with van der Waals surface area (Å²) in [5.74, 6) is 1.83. The van der Waals surface area contributed by atoms with Crippen LogP contribution in [0.2, 0.25) is 0 Å². The summed E-state index contributed by atoms with van der Waals surface area (Å²) in [4.78, 5) is 11.0. The van der Waals surface area contributed by atoms with Crippen LogP contribution in [0.25, 0.3) is 0 Å². The molecule has 1 amide bonds. The second kappa shape index (κ2) is 4.87. The number of benzene rings is 1. The Balaban J connectivity index is 1.67. The van der Waals surface area contributed by atoms with E-state index in [-0.39, 0.29) is 11.5 Å². The molecule has 1 N–H and O–H groups in total. The van der Waals surface area contributed by atoms with Gasteiger partial charge in [0.2, 0.25) is 5.91 Å². The molecule has 2 bridgehead atoms. The summed E-state index contributed by atoms with van der Waals surface area (Å²) in [6.45, 7) is 1.52. The molecule has 3 nitrogen and oxygen atoms in total. The first-order valence-electron chi connectivity index (χ1n) is 7.22. The Labute approximate surface area is 114 Å². The highest BCUT2D eigenvalue weighted by atomic mass is 16.5. The fourth-order valence-corrected chi connectivity index (χ4v) is 3.42. The van der Waals surface area contributed by atoms with E-state index >= 15 is 0 Å². The smallest absolute Gasteiger partial charge is 0.221 e. The van der Waals surface area contributed by atoms with Crippen molar-refractivity contribution in [3.63, 3.8) is 0 Å². The molecule has 0 heterocycles. The Hall–Kier alpha value is -1.51. The Morgan fingerprint density at radius 1 is 1.16 bits per heavy atom. The molecule has 0 aromatic heterocycles. The summed E-state index contributed by atoms with van der Waals surface area (Å²) >= 11 is 0. The summed E-state index contributed by atoms with van der Waals surface area (Å²) in [6, 6.07) is 7.73. The highest BCUT2D eigenvalue weighted by Gasteiger charge is 2.42. The van der Waals surface area contributed by atoms with E-state index in [9.17, 15) is 4.79 Å². The third-order valence-electron chi connectivity index (χ3n) is 4.53. The summed E-state index contributed by atoms with van der Waals surface area (Å²) in [5, 5.41) is 2.77. The predicted molar refractivity (Wildman–Crippen MR) is 75.3 cm³/mol. The average molecular weight is 259 g/mol. The molecule has 4 rings (SSSR count). The van der Waals surface area contributed by atoms with Crippen LogP contribution in [0.5, 0.6) is 5.75 Å². The molecular weight excluding hydrogens is 238 g/mol. The SMILES string of the molecule is CC(=O)Nc1ccc(OC23CCC(CC2)CC3)cc1. The van der Waals surface area contributed by atoms with Crippen LogP contribution in [0, 0.1) is 5.92 Å². The summed E-state index contributed by atoms with van der Waals surface area (Å²) in [5.41, 5.74) is 0.911. The van der Waals surface area contributed by atoms with Crippen molar-refractivity contribution in [2.24, 2.45) is 5.92 Å². The number of hydrogen-bond acceptors (Lipinski definition) is 2. The van der Waals surface area contributed by atoms with Gasteiger partial charge in [0.05, 0.1) is 0 Å². The van der Waals surface area contributed by atoms with Crippen molar-refractivity contribution in [3.8, 4) is 5.75 Å². The summed E-state index contributed by atoms with van der Waals surface area (Å²) < 4.78 is 6.28. The number of rotatable bonds is 3. The molecule has 102 valence electrons. The lowest BCUT2D eigenvalue weighted by Gasteiger charge is -2.46. The number of anilines is 1. The van der Waals surface area contributed by atoms with Crippen molar-refractivity contribution in [2.75, 3.05) is 5.32 Å². The van der Waals surface area contributed by atoms with Gasteiger partial charge in [0, 0.05) is 12.6 Å².